The third kappa shape index (κ3) is 3.86. The normalized spacial score (nSPS) is 24.2. The number of carbonyl (C=O) groups excluding carboxylic acids is 2. The molecule has 134 valence electrons. The van der Waals surface area contributed by atoms with Gasteiger partial charge in [-0.3, -0.25) is 9.59 Å². The summed E-state index contributed by atoms with van der Waals surface area (Å²) in [5, 5.41) is 6.58. The van der Waals surface area contributed by atoms with Gasteiger partial charge in [0.05, 0.1) is 0 Å². The highest BCUT2D eigenvalue weighted by Gasteiger charge is 2.34. The van der Waals surface area contributed by atoms with Crippen LogP contribution in [-0.2, 0) is 4.79 Å². The van der Waals surface area contributed by atoms with Gasteiger partial charge in [-0.05, 0) is 43.7 Å². The number of carbonyl (C=O) groups is 2. The Morgan fingerprint density at radius 1 is 0.923 bits per heavy atom. The number of piperidine rings is 1. The first kappa shape index (κ1) is 17.0. The first-order valence-electron chi connectivity index (χ1n) is 9.43. The molecule has 0 aliphatic carbocycles. The predicted molar refractivity (Wildman–Crippen MR) is 102 cm³/mol. The van der Waals surface area contributed by atoms with Gasteiger partial charge in [-0.15, -0.1) is 0 Å². The Bertz CT molecular complexity index is 791. The summed E-state index contributed by atoms with van der Waals surface area (Å²) in [6.45, 7) is 0. The number of anilines is 1. The third-order valence-corrected chi connectivity index (χ3v) is 5.49. The molecule has 2 N–H and O–H groups in total. The first-order valence-corrected chi connectivity index (χ1v) is 9.43. The monoisotopic (exact) mass is 348 g/mol. The van der Waals surface area contributed by atoms with Crippen LogP contribution in [-0.4, -0.2) is 23.8 Å². The molecule has 2 bridgehead atoms. The van der Waals surface area contributed by atoms with Crippen LogP contribution in [0, 0.1) is 5.92 Å². The van der Waals surface area contributed by atoms with Crippen molar-refractivity contribution < 1.29 is 9.59 Å². The molecule has 2 unspecified atom stereocenters. The highest BCUT2D eigenvalue weighted by Crippen LogP contribution is 2.32. The molecule has 26 heavy (non-hydrogen) atoms. The standard InChI is InChI=1S/C22H24N2O2/c25-21(13-15-11-19-9-10-20(12-15)23-19)24-18-8-4-7-17(14-18)22(26)16-5-2-1-3-6-16/h1-8,14-15,19-20,23H,9-13H2,(H,24,25). The maximum Gasteiger partial charge on any atom is 0.224 e. The van der Waals surface area contributed by atoms with E-state index in [0.717, 1.165) is 12.8 Å². The van der Waals surface area contributed by atoms with Crippen molar-refractivity contribution in [2.75, 3.05) is 5.32 Å². The summed E-state index contributed by atoms with van der Waals surface area (Å²) in [6, 6.07) is 17.6. The zero-order valence-electron chi connectivity index (χ0n) is 14.8. The van der Waals surface area contributed by atoms with Crippen molar-refractivity contribution in [3.63, 3.8) is 0 Å². The number of hydrogen-bond acceptors (Lipinski definition) is 3. The van der Waals surface area contributed by atoms with Crippen molar-refractivity contribution in [2.24, 2.45) is 5.92 Å². The number of nitrogens with one attached hydrogen (secondary N) is 2. The molecule has 2 aliphatic heterocycles. The van der Waals surface area contributed by atoms with Crippen LogP contribution in [0.25, 0.3) is 0 Å². The molecule has 4 nitrogen and oxygen atoms in total. The quantitative estimate of drug-likeness (QED) is 0.809. The lowest BCUT2D eigenvalue weighted by Crippen LogP contribution is -2.39. The summed E-state index contributed by atoms with van der Waals surface area (Å²) in [5.74, 6) is 0.472. The topological polar surface area (TPSA) is 58.2 Å². The molecule has 4 rings (SSSR count). The average Bonchev–Trinajstić information content (AvgIpc) is 3.00. The number of hydrogen-bond donors (Lipinski definition) is 2. The van der Waals surface area contributed by atoms with Gasteiger partial charge in [0.15, 0.2) is 5.78 Å². The molecular formula is C22H24N2O2. The lowest BCUT2D eigenvalue weighted by atomic mass is 9.89. The number of amides is 1. The van der Waals surface area contributed by atoms with Crippen LogP contribution in [0.4, 0.5) is 5.69 Å². The molecule has 2 aromatic rings. The van der Waals surface area contributed by atoms with Crippen LogP contribution in [0.1, 0.15) is 48.0 Å². The summed E-state index contributed by atoms with van der Waals surface area (Å²) < 4.78 is 0. The second-order valence-corrected chi connectivity index (χ2v) is 7.50. The van der Waals surface area contributed by atoms with Crippen LogP contribution in [0.15, 0.2) is 54.6 Å². The summed E-state index contributed by atoms with van der Waals surface area (Å²) >= 11 is 0. The van der Waals surface area contributed by atoms with Crippen LogP contribution in [0.2, 0.25) is 0 Å². The number of rotatable bonds is 5. The Hall–Kier alpha value is -2.46. The molecule has 0 aromatic heterocycles. The summed E-state index contributed by atoms with van der Waals surface area (Å²) in [7, 11) is 0. The van der Waals surface area contributed by atoms with Crippen LogP contribution in [0.3, 0.4) is 0 Å². The Balaban J connectivity index is 1.39. The molecule has 2 aromatic carbocycles. The molecule has 4 heteroatoms. The Kier molecular flexibility index (Phi) is 4.85. The largest absolute Gasteiger partial charge is 0.326 e. The van der Waals surface area contributed by atoms with E-state index in [1.54, 1.807) is 24.3 Å². The Labute approximate surface area is 154 Å². The lowest BCUT2D eigenvalue weighted by Gasteiger charge is -2.28. The van der Waals surface area contributed by atoms with E-state index < -0.39 is 0 Å². The highest BCUT2D eigenvalue weighted by molar-refractivity contribution is 6.09. The number of fused-ring (bicyclic) bond motifs is 2. The van der Waals surface area contributed by atoms with Crippen molar-refractivity contribution in [2.45, 2.75) is 44.2 Å². The van der Waals surface area contributed by atoms with E-state index in [0.29, 0.717) is 41.2 Å². The average molecular weight is 348 g/mol. The zero-order chi connectivity index (χ0) is 17.9. The van der Waals surface area contributed by atoms with E-state index >= 15 is 0 Å². The van der Waals surface area contributed by atoms with E-state index in [-0.39, 0.29) is 11.7 Å². The van der Waals surface area contributed by atoms with Crippen molar-refractivity contribution in [1.82, 2.24) is 5.32 Å². The van der Waals surface area contributed by atoms with Gasteiger partial charge in [0, 0.05) is 35.3 Å². The van der Waals surface area contributed by atoms with Gasteiger partial charge in [0.25, 0.3) is 0 Å². The van der Waals surface area contributed by atoms with Gasteiger partial charge in [0.2, 0.25) is 5.91 Å². The van der Waals surface area contributed by atoms with Crippen LogP contribution >= 0.6 is 0 Å². The molecule has 0 saturated carbocycles. The minimum atomic E-state index is -0.0309. The lowest BCUT2D eigenvalue weighted by molar-refractivity contribution is -0.117. The molecule has 2 atom stereocenters. The fourth-order valence-electron chi connectivity index (χ4n) is 4.31. The third-order valence-electron chi connectivity index (χ3n) is 5.49. The number of benzene rings is 2. The van der Waals surface area contributed by atoms with E-state index in [1.165, 1.54) is 12.8 Å². The Morgan fingerprint density at radius 2 is 1.62 bits per heavy atom. The van der Waals surface area contributed by atoms with E-state index in [4.69, 9.17) is 0 Å². The first-order chi connectivity index (χ1) is 12.7. The SMILES string of the molecule is O=C(CC1CC2CCC(C1)N2)Nc1cccc(C(=O)c2ccccc2)c1. The molecule has 2 heterocycles. The second-order valence-electron chi connectivity index (χ2n) is 7.50. The Morgan fingerprint density at radius 3 is 2.35 bits per heavy atom. The van der Waals surface area contributed by atoms with Crippen molar-refractivity contribution in [3.05, 3.63) is 65.7 Å². The van der Waals surface area contributed by atoms with Gasteiger partial charge in [0.1, 0.15) is 0 Å². The maximum absolute atomic E-state index is 12.6. The second kappa shape index (κ2) is 7.42. The molecule has 0 spiro atoms. The van der Waals surface area contributed by atoms with Gasteiger partial charge in [-0.1, -0.05) is 42.5 Å². The molecule has 2 aliphatic rings. The molecule has 1 amide bonds. The van der Waals surface area contributed by atoms with Gasteiger partial charge < -0.3 is 10.6 Å². The molecular weight excluding hydrogens is 324 g/mol. The van der Waals surface area contributed by atoms with Crippen LogP contribution in [0.5, 0.6) is 0 Å². The minimum absolute atomic E-state index is 0.0309. The number of ketones is 1. The summed E-state index contributed by atoms with van der Waals surface area (Å²) in [4.78, 5) is 25.0. The predicted octanol–water partition coefficient (Wildman–Crippen LogP) is 3.78. The van der Waals surface area contributed by atoms with E-state index in [1.807, 2.05) is 30.3 Å². The smallest absolute Gasteiger partial charge is 0.224 e. The fourth-order valence-corrected chi connectivity index (χ4v) is 4.31. The van der Waals surface area contributed by atoms with E-state index in [2.05, 4.69) is 10.6 Å². The van der Waals surface area contributed by atoms with Crippen molar-refractivity contribution in [1.29, 1.82) is 0 Å². The highest BCUT2D eigenvalue weighted by atomic mass is 16.1. The summed E-state index contributed by atoms with van der Waals surface area (Å²) in [5.41, 5.74) is 1.93. The molecule has 0 radical (unpaired) electrons. The maximum atomic E-state index is 12.6. The fraction of sp³-hybridized carbons (Fsp3) is 0.364. The molecule has 2 saturated heterocycles. The van der Waals surface area contributed by atoms with E-state index in [9.17, 15) is 9.59 Å². The van der Waals surface area contributed by atoms with Gasteiger partial charge in [-0.25, -0.2) is 0 Å². The summed E-state index contributed by atoms with van der Waals surface area (Å²) in [6.07, 6.45) is 5.23. The zero-order valence-corrected chi connectivity index (χ0v) is 14.8. The van der Waals surface area contributed by atoms with Crippen molar-refractivity contribution in [3.8, 4) is 0 Å². The molecule has 2 fully saturated rings. The van der Waals surface area contributed by atoms with Crippen molar-refractivity contribution >= 4 is 17.4 Å². The van der Waals surface area contributed by atoms with Crippen LogP contribution < -0.4 is 10.6 Å². The van der Waals surface area contributed by atoms with Gasteiger partial charge in [-0.2, -0.15) is 0 Å². The minimum Gasteiger partial charge on any atom is -0.326 e. The van der Waals surface area contributed by atoms with Gasteiger partial charge >= 0.3 is 0 Å².